The third-order valence-electron chi connectivity index (χ3n) is 5.78. The Labute approximate surface area is 175 Å². The number of hydrogen-bond acceptors (Lipinski definition) is 4. The fourth-order valence-electron chi connectivity index (χ4n) is 4.04. The normalized spacial score (nSPS) is 16.7. The second kappa shape index (κ2) is 8.60. The summed E-state index contributed by atoms with van der Waals surface area (Å²) in [6, 6.07) is 5.02. The zero-order valence-electron chi connectivity index (χ0n) is 16.7. The van der Waals surface area contributed by atoms with Crippen LogP contribution in [0.1, 0.15) is 50.2 Å². The number of nitro groups is 1. The zero-order valence-corrected chi connectivity index (χ0v) is 16.7. The van der Waals surface area contributed by atoms with Crippen molar-refractivity contribution < 1.29 is 27.3 Å². The van der Waals surface area contributed by atoms with Crippen LogP contribution in [0.3, 0.4) is 0 Å². The number of benzene rings is 1. The Balaban J connectivity index is 1.96. The molecule has 0 saturated heterocycles. The number of nitrogens with one attached hydrogen (secondary N) is 1. The number of pyridine rings is 1. The summed E-state index contributed by atoms with van der Waals surface area (Å²) in [5.74, 6) is -1.84. The molecule has 1 fully saturated rings. The van der Waals surface area contributed by atoms with Gasteiger partial charge in [0, 0.05) is 6.07 Å². The van der Waals surface area contributed by atoms with Crippen LogP contribution in [0.2, 0.25) is 0 Å². The monoisotopic (exact) mass is 439 g/mol. The summed E-state index contributed by atoms with van der Waals surface area (Å²) in [5.41, 5.74) is -3.02. The molecule has 10 heteroatoms. The van der Waals surface area contributed by atoms with Crippen LogP contribution in [0.15, 0.2) is 36.5 Å². The van der Waals surface area contributed by atoms with Gasteiger partial charge in [0.25, 0.3) is 5.69 Å². The number of aromatic nitrogens is 1. The highest BCUT2D eigenvalue weighted by Crippen LogP contribution is 2.41. The van der Waals surface area contributed by atoms with E-state index in [9.17, 15) is 32.5 Å². The Morgan fingerprint density at radius 1 is 1.23 bits per heavy atom. The average Bonchev–Trinajstić information content (AvgIpc) is 3.20. The lowest BCUT2D eigenvalue weighted by molar-refractivity contribution is -0.385. The van der Waals surface area contributed by atoms with Gasteiger partial charge in [0.15, 0.2) is 0 Å². The SMILES string of the molecule is CC(CC1CCCC1)(C(=O)Nc1ccc([N+](=O)[O-])cn1)c1ccc(F)c(C(F)(F)F)c1. The summed E-state index contributed by atoms with van der Waals surface area (Å²) >= 11 is 0. The van der Waals surface area contributed by atoms with Gasteiger partial charge in [0.1, 0.15) is 17.8 Å². The van der Waals surface area contributed by atoms with Crippen LogP contribution in [0.4, 0.5) is 29.1 Å². The van der Waals surface area contributed by atoms with Crippen molar-refractivity contribution in [2.75, 3.05) is 5.32 Å². The number of alkyl halides is 3. The van der Waals surface area contributed by atoms with Crippen molar-refractivity contribution in [1.29, 1.82) is 0 Å². The summed E-state index contributed by atoms with van der Waals surface area (Å²) in [5, 5.41) is 13.3. The molecular formula is C21H21F4N3O3. The van der Waals surface area contributed by atoms with E-state index in [1.807, 2.05) is 0 Å². The summed E-state index contributed by atoms with van der Waals surface area (Å²) in [4.78, 5) is 27.2. The van der Waals surface area contributed by atoms with Crippen LogP contribution < -0.4 is 5.32 Å². The highest BCUT2D eigenvalue weighted by atomic mass is 19.4. The number of amides is 1. The highest BCUT2D eigenvalue weighted by Gasteiger charge is 2.41. The molecule has 1 unspecified atom stereocenters. The summed E-state index contributed by atoms with van der Waals surface area (Å²) in [7, 11) is 0. The van der Waals surface area contributed by atoms with Crippen molar-refractivity contribution >= 4 is 17.4 Å². The van der Waals surface area contributed by atoms with Crippen LogP contribution in [0, 0.1) is 21.8 Å². The van der Waals surface area contributed by atoms with Crippen LogP contribution in [-0.2, 0) is 16.4 Å². The molecule has 0 radical (unpaired) electrons. The van der Waals surface area contributed by atoms with Crippen molar-refractivity contribution in [3.05, 3.63) is 63.6 Å². The van der Waals surface area contributed by atoms with Crippen molar-refractivity contribution in [3.63, 3.8) is 0 Å². The Morgan fingerprint density at radius 2 is 1.90 bits per heavy atom. The molecule has 1 heterocycles. The van der Waals surface area contributed by atoms with Gasteiger partial charge in [0.2, 0.25) is 5.91 Å². The molecular weight excluding hydrogens is 418 g/mol. The van der Waals surface area contributed by atoms with Crippen LogP contribution >= 0.6 is 0 Å². The maximum absolute atomic E-state index is 13.8. The van der Waals surface area contributed by atoms with E-state index in [1.54, 1.807) is 0 Å². The van der Waals surface area contributed by atoms with Gasteiger partial charge in [-0.05, 0) is 43.0 Å². The molecule has 1 aromatic carbocycles. The van der Waals surface area contributed by atoms with Crippen LogP contribution in [0.5, 0.6) is 0 Å². The zero-order chi connectivity index (χ0) is 22.8. The molecule has 1 atom stereocenters. The van der Waals surface area contributed by atoms with E-state index >= 15 is 0 Å². The molecule has 1 aliphatic carbocycles. The summed E-state index contributed by atoms with van der Waals surface area (Å²) < 4.78 is 53.6. The molecule has 1 amide bonds. The number of carbonyl (C=O) groups is 1. The maximum atomic E-state index is 13.8. The third kappa shape index (κ3) is 5.00. The number of rotatable bonds is 6. The molecule has 1 N–H and O–H groups in total. The number of hydrogen-bond donors (Lipinski definition) is 1. The lowest BCUT2D eigenvalue weighted by atomic mass is 9.73. The minimum Gasteiger partial charge on any atom is -0.310 e. The molecule has 2 aromatic rings. The Kier molecular flexibility index (Phi) is 6.28. The molecule has 1 aromatic heterocycles. The molecule has 0 bridgehead atoms. The van der Waals surface area contributed by atoms with Crippen molar-refractivity contribution in [3.8, 4) is 0 Å². The standard InChI is InChI=1S/C21H21F4N3O3/c1-20(11-13-4-2-3-5-13,14-6-8-17(22)16(10-14)21(23,24)25)19(29)27-18-9-7-15(12-26-18)28(30)31/h6-10,12-13H,2-5,11H2,1H3,(H,26,27,29). The quantitative estimate of drug-likeness (QED) is 0.359. The van der Waals surface area contributed by atoms with Gasteiger partial charge in [-0.3, -0.25) is 14.9 Å². The van der Waals surface area contributed by atoms with E-state index in [0.29, 0.717) is 6.07 Å². The Bertz CT molecular complexity index is 973. The predicted octanol–water partition coefficient (Wildman–Crippen LogP) is 5.62. The maximum Gasteiger partial charge on any atom is 0.419 e. The Hall–Kier alpha value is -3.04. The van der Waals surface area contributed by atoms with Gasteiger partial charge in [-0.2, -0.15) is 13.2 Å². The lowest BCUT2D eigenvalue weighted by Gasteiger charge is -2.32. The second-order valence-electron chi connectivity index (χ2n) is 7.99. The van der Waals surface area contributed by atoms with Crippen molar-refractivity contribution in [2.45, 2.75) is 50.6 Å². The summed E-state index contributed by atoms with van der Waals surface area (Å²) in [6.45, 7) is 1.53. The van der Waals surface area contributed by atoms with Gasteiger partial charge in [-0.1, -0.05) is 31.7 Å². The van der Waals surface area contributed by atoms with Gasteiger partial charge >= 0.3 is 6.18 Å². The van der Waals surface area contributed by atoms with E-state index in [4.69, 9.17) is 0 Å². The van der Waals surface area contributed by atoms with Crippen molar-refractivity contribution in [2.24, 2.45) is 5.92 Å². The molecule has 166 valence electrons. The topological polar surface area (TPSA) is 85.1 Å². The minimum absolute atomic E-state index is 0.0337. The molecule has 3 rings (SSSR count). The first-order valence-corrected chi connectivity index (χ1v) is 9.80. The van der Waals surface area contributed by atoms with Gasteiger partial charge in [-0.25, -0.2) is 9.37 Å². The number of anilines is 1. The predicted molar refractivity (Wildman–Crippen MR) is 105 cm³/mol. The van der Waals surface area contributed by atoms with Gasteiger partial charge in [-0.15, -0.1) is 0 Å². The Morgan fingerprint density at radius 3 is 2.45 bits per heavy atom. The third-order valence-corrected chi connectivity index (χ3v) is 5.78. The average molecular weight is 439 g/mol. The first-order valence-electron chi connectivity index (χ1n) is 9.80. The number of halogens is 4. The largest absolute Gasteiger partial charge is 0.419 e. The van der Waals surface area contributed by atoms with Gasteiger partial charge < -0.3 is 5.32 Å². The minimum atomic E-state index is -4.90. The van der Waals surface area contributed by atoms with E-state index in [-0.39, 0.29) is 29.4 Å². The van der Waals surface area contributed by atoms with Crippen LogP contribution in [0.25, 0.3) is 0 Å². The van der Waals surface area contributed by atoms with E-state index in [0.717, 1.165) is 44.0 Å². The van der Waals surface area contributed by atoms with Gasteiger partial charge in [0.05, 0.1) is 15.9 Å². The lowest BCUT2D eigenvalue weighted by Crippen LogP contribution is -2.39. The highest BCUT2D eigenvalue weighted by molar-refractivity contribution is 5.98. The molecule has 6 nitrogen and oxygen atoms in total. The number of nitrogens with zero attached hydrogens (tertiary/aromatic N) is 2. The fraction of sp³-hybridized carbons (Fsp3) is 0.429. The second-order valence-corrected chi connectivity index (χ2v) is 7.99. The molecule has 0 spiro atoms. The van der Waals surface area contributed by atoms with E-state index in [1.165, 1.54) is 19.1 Å². The molecule has 1 aliphatic rings. The number of carbonyl (C=O) groups excluding carboxylic acids is 1. The first-order chi connectivity index (χ1) is 14.5. The van der Waals surface area contributed by atoms with E-state index < -0.39 is 33.8 Å². The van der Waals surface area contributed by atoms with Crippen molar-refractivity contribution in [1.82, 2.24) is 4.98 Å². The van der Waals surface area contributed by atoms with E-state index in [2.05, 4.69) is 10.3 Å². The molecule has 0 aliphatic heterocycles. The molecule has 31 heavy (non-hydrogen) atoms. The van der Waals surface area contributed by atoms with Crippen LogP contribution in [-0.4, -0.2) is 15.8 Å². The smallest absolute Gasteiger partial charge is 0.310 e. The first kappa shape index (κ1) is 22.6. The summed E-state index contributed by atoms with van der Waals surface area (Å²) in [6.07, 6.45) is 0.0218. The molecule has 1 saturated carbocycles. The fourth-order valence-corrected chi connectivity index (χ4v) is 4.04.